The molecule has 0 spiro atoms. The van der Waals surface area contributed by atoms with E-state index >= 15 is 0 Å². The molecule has 0 saturated carbocycles. The van der Waals surface area contributed by atoms with Gasteiger partial charge in [-0.05, 0) is 29.7 Å². The number of nitrogens with two attached hydrogens (primary N) is 1. The second-order valence-corrected chi connectivity index (χ2v) is 5.61. The maximum absolute atomic E-state index is 5.93. The molecule has 0 aliphatic rings. The molecule has 1 atom stereocenters. The molecule has 0 aliphatic carbocycles. The minimum atomic E-state index is 0.0688. The molecule has 1 aromatic rings. The molecule has 4 heteroatoms. The van der Waals surface area contributed by atoms with Crippen LogP contribution in [0.5, 0.6) is 17.2 Å². The summed E-state index contributed by atoms with van der Waals surface area (Å²) in [6.45, 7) is 7.09. The van der Waals surface area contributed by atoms with Crippen LogP contribution in [0.25, 0.3) is 0 Å². The van der Waals surface area contributed by atoms with Crippen molar-refractivity contribution in [2.24, 2.45) is 11.1 Å². The first-order valence-electron chi connectivity index (χ1n) is 6.39. The lowest BCUT2D eigenvalue weighted by atomic mass is 9.76. The molecule has 0 fully saturated rings. The molecule has 0 amide bonds. The lowest BCUT2D eigenvalue weighted by Crippen LogP contribution is -2.26. The summed E-state index contributed by atoms with van der Waals surface area (Å²) >= 11 is 0. The van der Waals surface area contributed by atoms with Gasteiger partial charge in [-0.1, -0.05) is 20.8 Å². The van der Waals surface area contributed by atoms with Gasteiger partial charge in [0.25, 0.3) is 0 Å². The number of rotatable bonds is 5. The Kier molecular flexibility index (Phi) is 5.06. The Morgan fingerprint density at radius 2 is 1.47 bits per heavy atom. The van der Waals surface area contributed by atoms with Gasteiger partial charge in [0, 0.05) is 5.92 Å². The van der Waals surface area contributed by atoms with Crippen LogP contribution in [-0.4, -0.2) is 27.9 Å². The fourth-order valence-corrected chi connectivity index (χ4v) is 2.29. The van der Waals surface area contributed by atoms with Gasteiger partial charge in [0.2, 0.25) is 5.75 Å². The fraction of sp³-hybridized carbons (Fsp3) is 0.600. The molecule has 0 aromatic heterocycles. The summed E-state index contributed by atoms with van der Waals surface area (Å²) in [5.74, 6) is 2.17. The van der Waals surface area contributed by atoms with Gasteiger partial charge < -0.3 is 19.9 Å². The van der Waals surface area contributed by atoms with Crippen molar-refractivity contribution in [2.75, 3.05) is 27.9 Å². The van der Waals surface area contributed by atoms with E-state index in [0.29, 0.717) is 23.8 Å². The zero-order valence-corrected chi connectivity index (χ0v) is 12.7. The Hall–Kier alpha value is -1.42. The van der Waals surface area contributed by atoms with Gasteiger partial charge in [-0.25, -0.2) is 0 Å². The van der Waals surface area contributed by atoms with Crippen LogP contribution >= 0.6 is 0 Å². The van der Waals surface area contributed by atoms with Crippen LogP contribution in [0.1, 0.15) is 32.3 Å². The minimum absolute atomic E-state index is 0.0688. The van der Waals surface area contributed by atoms with Crippen LogP contribution in [-0.2, 0) is 0 Å². The molecule has 0 bridgehead atoms. The van der Waals surface area contributed by atoms with Crippen LogP contribution in [0, 0.1) is 5.41 Å². The van der Waals surface area contributed by atoms with Crippen LogP contribution in [0.4, 0.5) is 0 Å². The first-order chi connectivity index (χ1) is 8.88. The van der Waals surface area contributed by atoms with Gasteiger partial charge in [0.15, 0.2) is 11.5 Å². The molecule has 0 aliphatic heterocycles. The van der Waals surface area contributed by atoms with Crippen molar-refractivity contribution in [3.8, 4) is 17.2 Å². The molecule has 1 unspecified atom stereocenters. The zero-order chi connectivity index (χ0) is 14.6. The summed E-state index contributed by atoms with van der Waals surface area (Å²) in [4.78, 5) is 0. The highest BCUT2D eigenvalue weighted by Crippen LogP contribution is 2.43. The van der Waals surface area contributed by atoms with E-state index < -0.39 is 0 Å². The predicted molar refractivity (Wildman–Crippen MR) is 77.3 cm³/mol. The van der Waals surface area contributed by atoms with E-state index in [0.717, 1.165) is 5.56 Å². The van der Waals surface area contributed by atoms with E-state index in [1.807, 2.05) is 12.1 Å². The van der Waals surface area contributed by atoms with E-state index in [9.17, 15) is 0 Å². The van der Waals surface area contributed by atoms with Crippen molar-refractivity contribution >= 4 is 0 Å². The molecular weight excluding hydrogens is 242 g/mol. The highest BCUT2D eigenvalue weighted by molar-refractivity contribution is 5.54. The monoisotopic (exact) mass is 267 g/mol. The molecule has 0 saturated heterocycles. The molecule has 108 valence electrons. The molecule has 19 heavy (non-hydrogen) atoms. The number of benzene rings is 1. The normalized spacial score (nSPS) is 13.0. The predicted octanol–water partition coefficient (Wildman–Crippen LogP) is 2.80. The number of hydrogen-bond donors (Lipinski definition) is 1. The number of ether oxygens (including phenoxy) is 3. The smallest absolute Gasteiger partial charge is 0.203 e. The van der Waals surface area contributed by atoms with E-state index in [1.165, 1.54) is 0 Å². The zero-order valence-electron chi connectivity index (χ0n) is 12.7. The summed E-state index contributed by atoms with van der Waals surface area (Å²) < 4.78 is 16.1. The Balaban J connectivity index is 3.37. The second-order valence-electron chi connectivity index (χ2n) is 5.61. The second kappa shape index (κ2) is 6.15. The molecule has 1 rings (SSSR count). The Morgan fingerprint density at radius 3 is 1.74 bits per heavy atom. The third kappa shape index (κ3) is 3.32. The van der Waals surface area contributed by atoms with Crippen LogP contribution in [0.2, 0.25) is 0 Å². The van der Waals surface area contributed by atoms with Crippen LogP contribution in [0.3, 0.4) is 0 Å². The van der Waals surface area contributed by atoms with Crippen LogP contribution < -0.4 is 19.9 Å². The van der Waals surface area contributed by atoms with E-state index in [2.05, 4.69) is 20.8 Å². The fourth-order valence-electron chi connectivity index (χ4n) is 2.29. The molecule has 0 heterocycles. The SMILES string of the molecule is COc1cc(C(CN)C(C)(C)C)cc(OC)c1OC. The van der Waals surface area contributed by atoms with Crippen molar-refractivity contribution < 1.29 is 14.2 Å². The van der Waals surface area contributed by atoms with E-state index in [4.69, 9.17) is 19.9 Å². The molecule has 0 radical (unpaired) electrons. The number of hydrogen-bond acceptors (Lipinski definition) is 4. The van der Waals surface area contributed by atoms with Crippen molar-refractivity contribution in [1.82, 2.24) is 0 Å². The van der Waals surface area contributed by atoms with Gasteiger partial charge >= 0.3 is 0 Å². The van der Waals surface area contributed by atoms with Crippen molar-refractivity contribution in [3.05, 3.63) is 17.7 Å². The van der Waals surface area contributed by atoms with Crippen molar-refractivity contribution in [3.63, 3.8) is 0 Å². The molecular formula is C15H25NO3. The topological polar surface area (TPSA) is 53.7 Å². The largest absolute Gasteiger partial charge is 0.493 e. The van der Waals surface area contributed by atoms with Gasteiger partial charge in [0.05, 0.1) is 21.3 Å². The Bertz CT molecular complexity index is 399. The quantitative estimate of drug-likeness (QED) is 0.891. The van der Waals surface area contributed by atoms with E-state index in [1.54, 1.807) is 21.3 Å². The average molecular weight is 267 g/mol. The first kappa shape index (κ1) is 15.6. The lowest BCUT2D eigenvalue weighted by molar-refractivity contribution is 0.310. The minimum Gasteiger partial charge on any atom is -0.493 e. The van der Waals surface area contributed by atoms with Crippen LogP contribution in [0.15, 0.2) is 12.1 Å². The highest BCUT2D eigenvalue weighted by Gasteiger charge is 2.27. The summed E-state index contributed by atoms with van der Waals surface area (Å²) in [6.07, 6.45) is 0. The standard InChI is InChI=1S/C15H25NO3/c1-15(2,3)11(9-16)10-7-12(17-4)14(19-6)13(8-10)18-5/h7-8,11H,9,16H2,1-6H3. The van der Waals surface area contributed by atoms with Crippen molar-refractivity contribution in [1.29, 1.82) is 0 Å². The van der Waals surface area contributed by atoms with Gasteiger partial charge in [0.1, 0.15) is 0 Å². The van der Waals surface area contributed by atoms with Gasteiger partial charge in [-0.3, -0.25) is 0 Å². The third-order valence-corrected chi connectivity index (χ3v) is 3.37. The summed E-state index contributed by atoms with van der Waals surface area (Å²) in [5.41, 5.74) is 7.10. The lowest BCUT2D eigenvalue weighted by Gasteiger charge is -2.30. The van der Waals surface area contributed by atoms with Gasteiger partial charge in [-0.15, -0.1) is 0 Å². The summed E-state index contributed by atoms with van der Waals surface area (Å²) in [7, 11) is 4.84. The summed E-state index contributed by atoms with van der Waals surface area (Å²) in [5, 5.41) is 0. The molecule has 1 aromatic carbocycles. The Morgan fingerprint density at radius 1 is 1.00 bits per heavy atom. The Labute approximate surface area is 115 Å². The molecule has 4 nitrogen and oxygen atoms in total. The highest BCUT2D eigenvalue weighted by atomic mass is 16.5. The van der Waals surface area contributed by atoms with Gasteiger partial charge in [-0.2, -0.15) is 0 Å². The number of methoxy groups -OCH3 is 3. The maximum atomic E-state index is 5.93. The maximum Gasteiger partial charge on any atom is 0.203 e. The first-order valence-corrected chi connectivity index (χ1v) is 6.39. The molecule has 2 N–H and O–H groups in total. The summed E-state index contributed by atoms with van der Waals surface area (Å²) in [6, 6.07) is 3.95. The average Bonchev–Trinajstić information content (AvgIpc) is 2.36. The van der Waals surface area contributed by atoms with E-state index in [-0.39, 0.29) is 11.3 Å². The third-order valence-electron chi connectivity index (χ3n) is 3.37. The van der Waals surface area contributed by atoms with Crippen molar-refractivity contribution in [2.45, 2.75) is 26.7 Å².